The number of halogens is 1. The molecule has 0 aromatic heterocycles. The molecule has 1 aromatic carbocycles. The van der Waals surface area contributed by atoms with Crippen LogP contribution < -0.4 is 5.73 Å². The van der Waals surface area contributed by atoms with Gasteiger partial charge in [-0.1, -0.05) is 28.1 Å². The molecule has 2 rings (SSSR count). The second-order valence-corrected chi connectivity index (χ2v) is 5.86. The fourth-order valence-corrected chi connectivity index (χ4v) is 2.80. The average molecular weight is 315 g/mol. The summed E-state index contributed by atoms with van der Waals surface area (Å²) >= 11 is 3.41. The molecule has 4 unspecified atom stereocenters. The number of nitrogens with two attached hydrogens (primary N) is 1. The van der Waals surface area contributed by atoms with Crippen LogP contribution in [0.2, 0.25) is 0 Å². The fourth-order valence-electron chi connectivity index (χ4n) is 2.53. The van der Waals surface area contributed by atoms with Gasteiger partial charge in [-0.15, -0.1) is 0 Å². The maximum absolute atomic E-state index is 9.65. The molecule has 0 saturated carbocycles. The van der Waals surface area contributed by atoms with E-state index in [0.29, 0.717) is 13.1 Å². The second kappa shape index (κ2) is 5.67. The minimum Gasteiger partial charge on any atom is -0.389 e. The largest absolute Gasteiger partial charge is 0.389 e. The highest BCUT2D eigenvalue weighted by Gasteiger charge is 2.35. The Morgan fingerprint density at radius 1 is 1.22 bits per heavy atom. The lowest BCUT2D eigenvalue weighted by Crippen LogP contribution is -2.39. The molecule has 0 spiro atoms. The SMILES string of the molecule is CC(N)C(c1ccc(Br)cc1)N1CC(O)C(O)C1. The summed E-state index contributed by atoms with van der Waals surface area (Å²) in [5.74, 6) is 0. The monoisotopic (exact) mass is 314 g/mol. The van der Waals surface area contributed by atoms with Crippen LogP contribution in [0, 0.1) is 0 Å². The quantitative estimate of drug-likeness (QED) is 0.774. The van der Waals surface area contributed by atoms with Crippen LogP contribution in [0.15, 0.2) is 28.7 Å². The van der Waals surface area contributed by atoms with Crippen LogP contribution in [0.25, 0.3) is 0 Å². The molecular weight excluding hydrogens is 296 g/mol. The zero-order valence-electron chi connectivity index (χ0n) is 10.3. The number of hydrogen-bond donors (Lipinski definition) is 3. The van der Waals surface area contributed by atoms with E-state index in [1.54, 1.807) is 0 Å². The van der Waals surface area contributed by atoms with E-state index in [1.807, 2.05) is 36.1 Å². The molecule has 0 radical (unpaired) electrons. The number of likely N-dealkylation sites (tertiary alicyclic amines) is 1. The Labute approximate surface area is 116 Å². The van der Waals surface area contributed by atoms with Crippen molar-refractivity contribution in [1.29, 1.82) is 0 Å². The molecule has 5 heteroatoms. The van der Waals surface area contributed by atoms with Gasteiger partial charge in [-0.2, -0.15) is 0 Å². The number of hydrogen-bond acceptors (Lipinski definition) is 4. The van der Waals surface area contributed by atoms with Crippen molar-refractivity contribution >= 4 is 15.9 Å². The molecule has 4 nitrogen and oxygen atoms in total. The van der Waals surface area contributed by atoms with Crippen LogP contribution in [0.1, 0.15) is 18.5 Å². The number of β-amino-alcohol motifs (C(OH)–C–C–N with tert-alkyl or cyclic N) is 2. The third-order valence-electron chi connectivity index (χ3n) is 3.39. The smallest absolute Gasteiger partial charge is 0.0938 e. The lowest BCUT2D eigenvalue weighted by Gasteiger charge is -2.31. The van der Waals surface area contributed by atoms with Crippen molar-refractivity contribution in [2.45, 2.75) is 31.2 Å². The minimum atomic E-state index is -0.679. The van der Waals surface area contributed by atoms with Crippen molar-refractivity contribution < 1.29 is 10.2 Å². The van der Waals surface area contributed by atoms with Crippen molar-refractivity contribution in [3.05, 3.63) is 34.3 Å². The van der Waals surface area contributed by atoms with E-state index in [-0.39, 0.29) is 12.1 Å². The summed E-state index contributed by atoms with van der Waals surface area (Å²) < 4.78 is 1.02. The van der Waals surface area contributed by atoms with Gasteiger partial charge < -0.3 is 15.9 Å². The average Bonchev–Trinajstić information content (AvgIpc) is 2.61. The number of aliphatic hydroxyl groups excluding tert-OH is 2. The third kappa shape index (κ3) is 2.92. The van der Waals surface area contributed by atoms with E-state index in [2.05, 4.69) is 15.9 Å². The number of benzene rings is 1. The standard InChI is InChI=1S/C13H19BrN2O2/c1-8(15)13(9-2-4-10(14)5-3-9)16-6-11(17)12(18)7-16/h2-5,8,11-13,17-18H,6-7,15H2,1H3. The first-order valence-electron chi connectivity index (χ1n) is 6.10. The van der Waals surface area contributed by atoms with Gasteiger partial charge in [-0.3, -0.25) is 4.90 Å². The minimum absolute atomic E-state index is 0.0184. The van der Waals surface area contributed by atoms with Crippen LogP contribution in [0.4, 0.5) is 0 Å². The van der Waals surface area contributed by atoms with Crippen molar-refractivity contribution in [3.63, 3.8) is 0 Å². The summed E-state index contributed by atoms with van der Waals surface area (Å²) in [7, 11) is 0. The highest BCUT2D eigenvalue weighted by Crippen LogP contribution is 2.28. The van der Waals surface area contributed by atoms with Crippen LogP contribution in [0.3, 0.4) is 0 Å². The maximum Gasteiger partial charge on any atom is 0.0938 e. The molecule has 18 heavy (non-hydrogen) atoms. The maximum atomic E-state index is 9.65. The van der Waals surface area contributed by atoms with Crippen molar-refractivity contribution in [2.75, 3.05) is 13.1 Å². The number of nitrogens with zero attached hydrogens (tertiary/aromatic N) is 1. The van der Waals surface area contributed by atoms with Gasteiger partial charge in [0.1, 0.15) is 0 Å². The molecular formula is C13H19BrN2O2. The first-order valence-corrected chi connectivity index (χ1v) is 6.89. The zero-order chi connectivity index (χ0) is 13.3. The van der Waals surface area contributed by atoms with E-state index in [9.17, 15) is 10.2 Å². The predicted molar refractivity (Wildman–Crippen MR) is 74.1 cm³/mol. The molecule has 1 aliphatic heterocycles. The molecule has 1 heterocycles. The highest BCUT2D eigenvalue weighted by atomic mass is 79.9. The summed E-state index contributed by atoms with van der Waals surface area (Å²) in [6, 6.07) is 7.96. The highest BCUT2D eigenvalue weighted by molar-refractivity contribution is 9.10. The van der Waals surface area contributed by atoms with Gasteiger partial charge in [0.25, 0.3) is 0 Å². The van der Waals surface area contributed by atoms with Gasteiger partial charge in [-0.25, -0.2) is 0 Å². The summed E-state index contributed by atoms with van der Waals surface area (Å²) in [4.78, 5) is 2.04. The van der Waals surface area contributed by atoms with Crippen molar-refractivity contribution in [2.24, 2.45) is 5.73 Å². The summed E-state index contributed by atoms with van der Waals surface area (Å²) in [6.07, 6.45) is -1.36. The topological polar surface area (TPSA) is 69.7 Å². The normalized spacial score (nSPS) is 28.3. The van der Waals surface area contributed by atoms with Crippen LogP contribution in [0.5, 0.6) is 0 Å². The molecule has 4 atom stereocenters. The Morgan fingerprint density at radius 2 is 1.72 bits per heavy atom. The molecule has 1 aliphatic rings. The third-order valence-corrected chi connectivity index (χ3v) is 3.92. The molecule has 4 N–H and O–H groups in total. The fraction of sp³-hybridized carbons (Fsp3) is 0.538. The van der Waals surface area contributed by atoms with Gasteiger partial charge in [0.2, 0.25) is 0 Å². The summed E-state index contributed by atoms with van der Waals surface area (Å²) in [6.45, 7) is 2.87. The molecule has 100 valence electrons. The molecule has 1 saturated heterocycles. The second-order valence-electron chi connectivity index (χ2n) is 4.94. The molecule has 1 aromatic rings. The predicted octanol–water partition coefficient (Wildman–Crippen LogP) is 0.875. The zero-order valence-corrected chi connectivity index (χ0v) is 11.9. The van der Waals surface area contributed by atoms with Crippen LogP contribution in [-0.4, -0.2) is 46.5 Å². The Bertz CT molecular complexity index is 386. The van der Waals surface area contributed by atoms with E-state index in [0.717, 1.165) is 10.0 Å². The Balaban J connectivity index is 2.21. The van der Waals surface area contributed by atoms with Crippen LogP contribution >= 0.6 is 15.9 Å². The van der Waals surface area contributed by atoms with Gasteiger partial charge in [0.15, 0.2) is 0 Å². The summed E-state index contributed by atoms with van der Waals surface area (Å²) in [5, 5.41) is 19.3. The van der Waals surface area contributed by atoms with Crippen molar-refractivity contribution in [3.8, 4) is 0 Å². The molecule has 1 fully saturated rings. The van der Waals surface area contributed by atoms with Gasteiger partial charge in [0.05, 0.1) is 12.2 Å². The lowest BCUT2D eigenvalue weighted by atomic mass is 10.00. The van der Waals surface area contributed by atoms with E-state index in [1.165, 1.54) is 0 Å². The van der Waals surface area contributed by atoms with Gasteiger partial charge in [0, 0.05) is 29.6 Å². The lowest BCUT2D eigenvalue weighted by molar-refractivity contribution is 0.0572. The Kier molecular flexibility index (Phi) is 4.40. The van der Waals surface area contributed by atoms with Crippen molar-refractivity contribution in [1.82, 2.24) is 4.90 Å². The van der Waals surface area contributed by atoms with E-state index >= 15 is 0 Å². The number of aliphatic hydroxyl groups is 2. The first kappa shape index (κ1) is 14.0. The van der Waals surface area contributed by atoms with Crippen LogP contribution in [-0.2, 0) is 0 Å². The van der Waals surface area contributed by atoms with E-state index in [4.69, 9.17) is 5.73 Å². The van der Waals surface area contributed by atoms with E-state index < -0.39 is 12.2 Å². The molecule has 0 aliphatic carbocycles. The van der Waals surface area contributed by atoms with Gasteiger partial charge >= 0.3 is 0 Å². The molecule has 0 amide bonds. The Hall–Kier alpha value is -0.460. The number of rotatable bonds is 3. The summed E-state index contributed by atoms with van der Waals surface area (Å²) in [5.41, 5.74) is 7.17. The van der Waals surface area contributed by atoms with Gasteiger partial charge in [-0.05, 0) is 24.6 Å². The molecule has 0 bridgehead atoms. The Morgan fingerprint density at radius 3 is 2.17 bits per heavy atom. The first-order chi connectivity index (χ1) is 8.49.